The first-order valence-electron chi connectivity index (χ1n) is 9.76. The van der Waals surface area contributed by atoms with Crippen LogP contribution in [0.2, 0.25) is 0 Å². The molecule has 27 heavy (non-hydrogen) atoms. The van der Waals surface area contributed by atoms with Crippen molar-refractivity contribution in [3.63, 3.8) is 0 Å². The Hall–Kier alpha value is -1.75. The lowest BCUT2D eigenvalue weighted by Gasteiger charge is -2.34. The molecule has 5 heteroatoms. The van der Waals surface area contributed by atoms with Crippen molar-refractivity contribution < 1.29 is 9.21 Å². The summed E-state index contributed by atoms with van der Waals surface area (Å²) in [5.41, 5.74) is 3.49. The van der Waals surface area contributed by atoms with E-state index in [0.29, 0.717) is 28.9 Å². The smallest absolute Gasteiger partial charge is 0.336 e. The molecule has 1 aromatic carbocycles. The summed E-state index contributed by atoms with van der Waals surface area (Å²) in [7, 11) is 0. The van der Waals surface area contributed by atoms with Gasteiger partial charge in [-0.15, -0.1) is 11.8 Å². The number of rotatable bonds is 5. The standard InChI is InChI=1S/C22H29NO3S/c1-13-6-5-7-19(16(13)4)23-21(24)12-27-11-17-10-22(25)26-20-9-15(3)14(2)8-18(17)20/h8-10,13,16,19H,5-7,11-12H2,1-4H3,(H,23,24)/t13-,16-,19+/m0/s1. The van der Waals surface area contributed by atoms with Crippen LogP contribution in [0, 0.1) is 25.7 Å². The highest BCUT2D eigenvalue weighted by molar-refractivity contribution is 7.99. The van der Waals surface area contributed by atoms with E-state index in [0.717, 1.165) is 22.9 Å². The van der Waals surface area contributed by atoms with Crippen LogP contribution < -0.4 is 10.9 Å². The zero-order chi connectivity index (χ0) is 19.6. The Morgan fingerprint density at radius 2 is 1.93 bits per heavy atom. The van der Waals surface area contributed by atoms with Crippen molar-refractivity contribution in [2.45, 2.75) is 58.8 Å². The van der Waals surface area contributed by atoms with E-state index in [4.69, 9.17) is 4.42 Å². The van der Waals surface area contributed by atoms with Crippen LogP contribution in [0.5, 0.6) is 0 Å². The molecule has 0 saturated heterocycles. The molecule has 1 aliphatic rings. The number of benzene rings is 1. The van der Waals surface area contributed by atoms with E-state index in [9.17, 15) is 9.59 Å². The van der Waals surface area contributed by atoms with Crippen molar-refractivity contribution in [1.82, 2.24) is 5.32 Å². The average molecular weight is 388 g/mol. The third-order valence-corrected chi connectivity index (χ3v) is 6.97. The van der Waals surface area contributed by atoms with Gasteiger partial charge in [-0.25, -0.2) is 4.79 Å². The number of hydrogen-bond donors (Lipinski definition) is 1. The largest absolute Gasteiger partial charge is 0.423 e. The van der Waals surface area contributed by atoms with E-state index in [-0.39, 0.29) is 17.6 Å². The summed E-state index contributed by atoms with van der Waals surface area (Å²) in [5.74, 6) is 2.31. The van der Waals surface area contributed by atoms with E-state index in [1.807, 2.05) is 13.0 Å². The first-order valence-corrected chi connectivity index (χ1v) is 10.9. The quantitative estimate of drug-likeness (QED) is 0.763. The molecule has 4 nitrogen and oxygen atoms in total. The lowest BCUT2D eigenvalue weighted by molar-refractivity contribution is -0.119. The molecule has 1 fully saturated rings. The second-order valence-electron chi connectivity index (χ2n) is 7.96. The maximum Gasteiger partial charge on any atom is 0.336 e. The monoisotopic (exact) mass is 387 g/mol. The van der Waals surface area contributed by atoms with Crippen molar-refractivity contribution in [2.24, 2.45) is 11.8 Å². The van der Waals surface area contributed by atoms with E-state index < -0.39 is 0 Å². The molecule has 0 aliphatic heterocycles. The molecule has 0 unspecified atom stereocenters. The first kappa shape index (κ1) is 20.0. The summed E-state index contributed by atoms with van der Waals surface area (Å²) in [6.45, 7) is 8.57. The van der Waals surface area contributed by atoms with Gasteiger partial charge in [0.2, 0.25) is 5.91 Å². The average Bonchev–Trinajstić information content (AvgIpc) is 2.60. The first-order chi connectivity index (χ1) is 12.8. The number of fused-ring (bicyclic) bond motifs is 1. The molecule has 1 amide bonds. The molecule has 146 valence electrons. The fourth-order valence-electron chi connectivity index (χ4n) is 3.89. The van der Waals surface area contributed by atoms with Crippen LogP contribution >= 0.6 is 11.8 Å². The third kappa shape index (κ3) is 4.75. The van der Waals surface area contributed by atoms with Crippen molar-refractivity contribution >= 4 is 28.6 Å². The summed E-state index contributed by atoms with van der Waals surface area (Å²) in [6.07, 6.45) is 3.52. The maximum atomic E-state index is 12.4. The summed E-state index contributed by atoms with van der Waals surface area (Å²) >= 11 is 1.55. The van der Waals surface area contributed by atoms with Crippen LogP contribution in [0.4, 0.5) is 0 Å². The minimum atomic E-state index is -0.337. The molecular weight excluding hydrogens is 358 g/mol. The lowest BCUT2D eigenvalue weighted by Crippen LogP contribution is -2.44. The minimum Gasteiger partial charge on any atom is -0.423 e. The molecular formula is C22H29NO3S. The van der Waals surface area contributed by atoms with Crippen LogP contribution in [-0.4, -0.2) is 17.7 Å². The highest BCUT2D eigenvalue weighted by atomic mass is 32.2. The van der Waals surface area contributed by atoms with Gasteiger partial charge in [0.25, 0.3) is 0 Å². The molecule has 1 heterocycles. The van der Waals surface area contributed by atoms with Gasteiger partial charge in [0.05, 0.1) is 5.75 Å². The van der Waals surface area contributed by atoms with Crippen LogP contribution in [0.1, 0.15) is 49.8 Å². The third-order valence-electron chi connectivity index (χ3n) is 5.99. The Bertz CT molecular complexity index is 889. The van der Waals surface area contributed by atoms with E-state index in [2.05, 4.69) is 32.2 Å². The van der Waals surface area contributed by atoms with E-state index >= 15 is 0 Å². The zero-order valence-electron chi connectivity index (χ0n) is 16.6. The second-order valence-corrected chi connectivity index (χ2v) is 8.94. The van der Waals surface area contributed by atoms with Crippen molar-refractivity contribution in [1.29, 1.82) is 0 Å². The molecule has 1 aliphatic carbocycles. The summed E-state index contributed by atoms with van der Waals surface area (Å²) in [5, 5.41) is 4.17. The summed E-state index contributed by atoms with van der Waals surface area (Å²) in [6, 6.07) is 5.82. The fourth-order valence-corrected chi connectivity index (χ4v) is 4.72. The Morgan fingerprint density at radius 1 is 1.19 bits per heavy atom. The van der Waals surface area contributed by atoms with Gasteiger partial charge in [0.1, 0.15) is 5.58 Å². The van der Waals surface area contributed by atoms with Gasteiger partial charge < -0.3 is 9.73 Å². The van der Waals surface area contributed by atoms with E-state index in [1.54, 1.807) is 17.8 Å². The highest BCUT2D eigenvalue weighted by Crippen LogP contribution is 2.29. The molecule has 2 aromatic rings. The number of nitrogens with one attached hydrogen (secondary N) is 1. The number of amides is 1. The lowest BCUT2D eigenvalue weighted by atomic mass is 9.78. The van der Waals surface area contributed by atoms with E-state index in [1.165, 1.54) is 18.4 Å². The number of hydrogen-bond acceptors (Lipinski definition) is 4. The van der Waals surface area contributed by atoms with Gasteiger partial charge in [-0.05, 0) is 60.9 Å². The number of thioether (sulfide) groups is 1. The molecule has 1 N–H and O–H groups in total. The summed E-state index contributed by atoms with van der Waals surface area (Å²) < 4.78 is 5.34. The Balaban J connectivity index is 1.62. The van der Waals surface area contributed by atoms with Crippen LogP contribution in [0.3, 0.4) is 0 Å². The number of carbonyl (C=O) groups is 1. The molecule has 3 rings (SSSR count). The number of carbonyl (C=O) groups excluding carboxylic acids is 1. The van der Waals surface area contributed by atoms with Crippen LogP contribution in [-0.2, 0) is 10.5 Å². The van der Waals surface area contributed by atoms with Crippen molar-refractivity contribution in [3.05, 3.63) is 45.3 Å². The molecule has 3 atom stereocenters. The molecule has 0 bridgehead atoms. The Kier molecular flexibility index (Phi) is 6.30. The van der Waals surface area contributed by atoms with Crippen LogP contribution in [0.15, 0.2) is 27.4 Å². The fraction of sp³-hybridized carbons (Fsp3) is 0.545. The molecule has 0 radical (unpaired) electrons. The van der Waals surface area contributed by atoms with Gasteiger partial charge in [0, 0.05) is 23.2 Å². The number of aryl methyl sites for hydroxylation is 2. The van der Waals surface area contributed by atoms with Crippen molar-refractivity contribution in [2.75, 3.05) is 5.75 Å². The predicted octanol–water partition coefficient (Wildman–Crippen LogP) is 4.58. The SMILES string of the molecule is Cc1cc2oc(=O)cc(CSCC(=O)N[C@@H]3CCC[C@H](C)[C@@H]3C)c2cc1C. The van der Waals surface area contributed by atoms with Gasteiger partial charge in [0.15, 0.2) is 0 Å². The molecule has 1 saturated carbocycles. The maximum absolute atomic E-state index is 12.4. The Labute approximate surface area is 165 Å². The minimum absolute atomic E-state index is 0.0882. The topological polar surface area (TPSA) is 59.3 Å². The molecule has 1 aromatic heterocycles. The van der Waals surface area contributed by atoms with Gasteiger partial charge in [-0.1, -0.05) is 26.7 Å². The summed E-state index contributed by atoms with van der Waals surface area (Å²) in [4.78, 5) is 24.2. The molecule has 0 spiro atoms. The van der Waals surface area contributed by atoms with Crippen LogP contribution in [0.25, 0.3) is 11.0 Å². The highest BCUT2D eigenvalue weighted by Gasteiger charge is 2.27. The zero-order valence-corrected chi connectivity index (χ0v) is 17.4. The predicted molar refractivity (Wildman–Crippen MR) is 112 cm³/mol. The second kappa shape index (κ2) is 8.51. The Morgan fingerprint density at radius 3 is 2.70 bits per heavy atom. The normalized spacial score (nSPS) is 22.7. The van der Waals surface area contributed by atoms with Gasteiger partial charge in [-0.2, -0.15) is 0 Å². The van der Waals surface area contributed by atoms with Gasteiger partial charge >= 0.3 is 5.63 Å². The van der Waals surface area contributed by atoms with Gasteiger partial charge in [-0.3, -0.25) is 4.79 Å². The van der Waals surface area contributed by atoms with Crippen molar-refractivity contribution in [3.8, 4) is 0 Å².